The lowest BCUT2D eigenvalue weighted by molar-refractivity contribution is 0.178. The molecule has 29 heavy (non-hydrogen) atoms. The summed E-state index contributed by atoms with van der Waals surface area (Å²) >= 11 is 0. The molecule has 0 saturated heterocycles. The lowest BCUT2D eigenvalue weighted by atomic mass is 9.98. The summed E-state index contributed by atoms with van der Waals surface area (Å²) < 4.78 is 10.7. The lowest BCUT2D eigenvalue weighted by Crippen LogP contribution is -2.41. The summed E-state index contributed by atoms with van der Waals surface area (Å²) in [6.45, 7) is 4.89. The number of guanidine groups is 1. The largest absolute Gasteiger partial charge is 0.497 e. The van der Waals surface area contributed by atoms with Crippen LogP contribution in [0.3, 0.4) is 0 Å². The molecule has 0 amide bonds. The smallest absolute Gasteiger partial charge is 0.193 e. The van der Waals surface area contributed by atoms with E-state index in [-0.39, 0.29) is 24.0 Å². The molecular weight excluding hydrogens is 479 g/mol. The molecular formula is C22H31IN4O2. The highest BCUT2D eigenvalue weighted by atomic mass is 127. The van der Waals surface area contributed by atoms with Crippen LogP contribution in [0.5, 0.6) is 11.5 Å². The molecule has 0 spiro atoms. The fourth-order valence-electron chi connectivity index (χ4n) is 3.62. The van der Waals surface area contributed by atoms with E-state index < -0.39 is 0 Å². The Bertz CT molecular complexity index is 828. The van der Waals surface area contributed by atoms with Crippen molar-refractivity contribution in [1.82, 2.24) is 4.90 Å². The van der Waals surface area contributed by atoms with Crippen LogP contribution in [0.25, 0.3) is 0 Å². The third kappa shape index (κ3) is 5.99. The first-order valence-electron chi connectivity index (χ1n) is 9.74. The average molecular weight is 510 g/mol. The Hall–Kier alpha value is -2.00. The zero-order valence-corrected chi connectivity index (χ0v) is 19.7. The van der Waals surface area contributed by atoms with Gasteiger partial charge in [0.05, 0.1) is 26.5 Å². The van der Waals surface area contributed by atoms with Crippen LogP contribution in [-0.2, 0) is 13.0 Å². The molecule has 3 rings (SSSR count). The fraction of sp³-hybridized carbons (Fsp3) is 0.409. The van der Waals surface area contributed by atoms with Gasteiger partial charge in [-0.1, -0.05) is 31.2 Å². The standard InChI is InChI=1S/C22H30N4O2.HI/c1-4-18(26-12-11-16-7-5-6-8-17(16)15-26)14-24-22(23)25-20-13-19(27-2)9-10-21(20)28-3;/h5-10,13,18H,4,11-12,14-15H2,1-3H3,(H3,23,24,25);1H. The monoisotopic (exact) mass is 510 g/mol. The zero-order valence-electron chi connectivity index (χ0n) is 17.4. The van der Waals surface area contributed by atoms with Crippen LogP contribution in [0.15, 0.2) is 47.5 Å². The van der Waals surface area contributed by atoms with E-state index >= 15 is 0 Å². The molecule has 0 aromatic heterocycles. The van der Waals surface area contributed by atoms with Gasteiger partial charge in [-0.2, -0.15) is 0 Å². The first kappa shape index (κ1) is 23.3. The molecule has 1 aliphatic heterocycles. The van der Waals surface area contributed by atoms with Crippen LogP contribution in [-0.4, -0.2) is 44.2 Å². The van der Waals surface area contributed by atoms with E-state index in [2.05, 4.69) is 46.4 Å². The predicted molar refractivity (Wildman–Crippen MR) is 130 cm³/mol. The molecule has 2 aromatic carbocycles. The number of nitrogens with one attached hydrogen (secondary N) is 1. The normalized spacial score (nSPS) is 15.1. The minimum Gasteiger partial charge on any atom is -0.497 e. The van der Waals surface area contributed by atoms with Crippen molar-refractivity contribution in [3.05, 3.63) is 53.6 Å². The Labute approximate surface area is 190 Å². The second kappa shape index (κ2) is 11.3. The SMILES string of the molecule is CCC(CN=C(N)Nc1cc(OC)ccc1OC)N1CCc2ccccc2C1.I. The van der Waals surface area contributed by atoms with Crippen molar-refractivity contribution in [2.45, 2.75) is 32.4 Å². The van der Waals surface area contributed by atoms with Crippen LogP contribution < -0.4 is 20.5 Å². The van der Waals surface area contributed by atoms with E-state index in [4.69, 9.17) is 15.2 Å². The highest BCUT2D eigenvalue weighted by Crippen LogP contribution is 2.28. The molecule has 0 radical (unpaired) electrons. The molecule has 6 nitrogen and oxygen atoms in total. The third-order valence-electron chi connectivity index (χ3n) is 5.29. The van der Waals surface area contributed by atoms with Gasteiger partial charge in [-0.3, -0.25) is 9.89 Å². The van der Waals surface area contributed by atoms with Crippen LogP contribution in [0.1, 0.15) is 24.5 Å². The molecule has 0 saturated carbocycles. The Morgan fingerprint density at radius 2 is 1.93 bits per heavy atom. The third-order valence-corrected chi connectivity index (χ3v) is 5.29. The van der Waals surface area contributed by atoms with Gasteiger partial charge in [0, 0.05) is 25.2 Å². The fourth-order valence-corrected chi connectivity index (χ4v) is 3.62. The highest BCUT2D eigenvalue weighted by molar-refractivity contribution is 14.0. The van der Waals surface area contributed by atoms with Crippen LogP contribution in [0, 0.1) is 0 Å². The molecule has 1 aliphatic rings. The van der Waals surface area contributed by atoms with Crippen LogP contribution in [0.2, 0.25) is 0 Å². The number of nitrogens with zero attached hydrogens (tertiary/aromatic N) is 2. The molecule has 1 heterocycles. The predicted octanol–water partition coefficient (Wildman–Crippen LogP) is 3.89. The van der Waals surface area contributed by atoms with Gasteiger partial charge in [0.1, 0.15) is 11.5 Å². The number of hydrogen-bond donors (Lipinski definition) is 2. The number of anilines is 1. The number of aliphatic imine (C=N–C) groups is 1. The zero-order chi connectivity index (χ0) is 19.9. The van der Waals surface area contributed by atoms with E-state index in [9.17, 15) is 0 Å². The topological polar surface area (TPSA) is 72.1 Å². The van der Waals surface area contributed by atoms with Crippen molar-refractivity contribution in [2.75, 3.05) is 32.6 Å². The minimum absolute atomic E-state index is 0. The summed E-state index contributed by atoms with van der Waals surface area (Å²) in [6, 6.07) is 14.6. The molecule has 0 fully saturated rings. The molecule has 0 bridgehead atoms. The molecule has 1 unspecified atom stereocenters. The maximum absolute atomic E-state index is 6.15. The summed E-state index contributed by atoms with van der Waals surface area (Å²) in [5, 5.41) is 3.14. The Morgan fingerprint density at radius 3 is 2.62 bits per heavy atom. The van der Waals surface area contributed by atoms with Gasteiger partial charge >= 0.3 is 0 Å². The molecule has 0 aliphatic carbocycles. The Balaban J connectivity index is 0.00000300. The van der Waals surface area contributed by atoms with E-state index in [0.29, 0.717) is 24.3 Å². The minimum atomic E-state index is 0. The molecule has 7 heteroatoms. The quantitative estimate of drug-likeness (QED) is 0.336. The first-order valence-corrected chi connectivity index (χ1v) is 9.74. The number of methoxy groups -OCH3 is 2. The van der Waals surface area contributed by atoms with Crippen molar-refractivity contribution >= 4 is 35.6 Å². The van der Waals surface area contributed by atoms with Gasteiger partial charge in [-0.15, -0.1) is 24.0 Å². The molecule has 1 atom stereocenters. The van der Waals surface area contributed by atoms with E-state index in [1.807, 2.05) is 18.2 Å². The van der Waals surface area contributed by atoms with Gasteiger partial charge < -0.3 is 20.5 Å². The van der Waals surface area contributed by atoms with Crippen LogP contribution >= 0.6 is 24.0 Å². The van der Waals surface area contributed by atoms with Gasteiger partial charge in [-0.05, 0) is 36.1 Å². The lowest BCUT2D eigenvalue weighted by Gasteiger charge is -2.34. The number of benzene rings is 2. The summed E-state index contributed by atoms with van der Waals surface area (Å²) in [5.74, 6) is 1.80. The maximum Gasteiger partial charge on any atom is 0.193 e. The number of nitrogens with two attached hydrogens (primary N) is 1. The number of rotatable bonds is 7. The second-order valence-electron chi connectivity index (χ2n) is 6.97. The Kier molecular flexibility index (Phi) is 9.03. The second-order valence-corrected chi connectivity index (χ2v) is 6.97. The molecule has 158 valence electrons. The highest BCUT2D eigenvalue weighted by Gasteiger charge is 2.22. The van der Waals surface area contributed by atoms with Gasteiger partial charge in [-0.25, -0.2) is 0 Å². The number of hydrogen-bond acceptors (Lipinski definition) is 4. The van der Waals surface area contributed by atoms with E-state index in [1.54, 1.807) is 14.2 Å². The number of fused-ring (bicyclic) bond motifs is 1. The van der Waals surface area contributed by atoms with Crippen molar-refractivity contribution < 1.29 is 9.47 Å². The summed E-state index contributed by atoms with van der Waals surface area (Å²) in [5.41, 5.74) is 9.77. The van der Waals surface area contributed by atoms with Crippen LogP contribution in [0.4, 0.5) is 5.69 Å². The number of halogens is 1. The van der Waals surface area contributed by atoms with Gasteiger partial charge in [0.2, 0.25) is 0 Å². The first-order chi connectivity index (χ1) is 13.6. The summed E-state index contributed by atoms with van der Waals surface area (Å²) in [7, 11) is 3.26. The van der Waals surface area contributed by atoms with Crippen molar-refractivity contribution in [2.24, 2.45) is 10.7 Å². The average Bonchev–Trinajstić information content (AvgIpc) is 2.74. The van der Waals surface area contributed by atoms with Crippen molar-refractivity contribution in [3.63, 3.8) is 0 Å². The Morgan fingerprint density at radius 1 is 1.17 bits per heavy atom. The molecule has 2 aromatic rings. The maximum atomic E-state index is 6.15. The van der Waals surface area contributed by atoms with E-state index in [0.717, 1.165) is 37.4 Å². The van der Waals surface area contributed by atoms with Crippen molar-refractivity contribution in [1.29, 1.82) is 0 Å². The van der Waals surface area contributed by atoms with Gasteiger partial charge in [0.15, 0.2) is 5.96 Å². The molecule has 3 N–H and O–H groups in total. The summed E-state index contributed by atoms with van der Waals surface area (Å²) in [6.07, 6.45) is 2.12. The number of ether oxygens (including phenoxy) is 2. The van der Waals surface area contributed by atoms with Crippen molar-refractivity contribution in [3.8, 4) is 11.5 Å². The van der Waals surface area contributed by atoms with Gasteiger partial charge in [0.25, 0.3) is 0 Å². The summed E-state index contributed by atoms with van der Waals surface area (Å²) in [4.78, 5) is 7.10. The van der Waals surface area contributed by atoms with E-state index in [1.165, 1.54) is 11.1 Å².